The number of amides is 1. The molecule has 0 N–H and O–H groups in total. The Kier molecular flexibility index (Phi) is 6.47. The quantitative estimate of drug-likeness (QED) is 0.657. The molecule has 2 aliphatic rings. The molecule has 1 aliphatic heterocycles. The van der Waals surface area contributed by atoms with Gasteiger partial charge >= 0.3 is 6.18 Å². The van der Waals surface area contributed by atoms with E-state index in [1.54, 1.807) is 12.0 Å². The van der Waals surface area contributed by atoms with Gasteiger partial charge in [0.15, 0.2) is 0 Å². The average Bonchev–Trinajstić information content (AvgIpc) is 3.32. The zero-order valence-electron chi connectivity index (χ0n) is 18.5. The first-order valence-electron chi connectivity index (χ1n) is 11.1. The van der Waals surface area contributed by atoms with Crippen LogP contribution >= 0.6 is 0 Å². The number of methoxy groups -OCH3 is 1. The molecule has 32 heavy (non-hydrogen) atoms. The fourth-order valence-corrected chi connectivity index (χ4v) is 5.16. The number of hydrogen-bond acceptors (Lipinski definition) is 3. The van der Waals surface area contributed by atoms with Crippen molar-refractivity contribution in [2.24, 2.45) is 0 Å². The van der Waals surface area contributed by atoms with E-state index in [2.05, 4.69) is 11.0 Å². The van der Waals surface area contributed by atoms with Crippen molar-refractivity contribution in [1.82, 2.24) is 9.80 Å². The van der Waals surface area contributed by atoms with Crippen molar-refractivity contribution in [1.29, 1.82) is 0 Å². The standard InChI is InChI=1S/C25H29F3N2O2/c1-29(23(31)16-17-8-10-18(11-9-17)25(26,27)28)24-20-6-5-7-22(32-2)19(20)12-13-21(24)30-14-3-4-15-30/h5-11,21,24H,3-4,12-16H2,1-2H3/t21-,24-/m0/s1. The molecule has 1 aliphatic carbocycles. The van der Waals surface area contributed by atoms with Gasteiger partial charge in [0, 0.05) is 13.1 Å². The van der Waals surface area contributed by atoms with E-state index in [9.17, 15) is 18.0 Å². The third-order valence-electron chi connectivity index (χ3n) is 6.82. The summed E-state index contributed by atoms with van der Waals surface area (Å²) in [5.41, 5.74) is 2.12. The maximum atomic E-state index is 13.3. The Balaban J connectivity index is 1.60. The Morgan fingerprint density at radius 3 is 2.44 bits per heavy atom. The number of carbonyl (C=O) groups is 1. The third-order valence-corrected chi connectivity index (χ3v) is 6.82. The Morgan fingerprint density at radius 1 is 1.12 bits per heavy atom. The molecule has 2 aromatic carbocycles. The SMILES string of the molecule is COc1cccc2c1CC[C@H](N1CCCC1)[C@H]2N(C)C(=O)Cc1ccc(C(F)(F)F)cc1. The van der Waals surface area contributed by atoms with Gasteiger partial charge in [-0.05, 0) is 73.7 Å². The van der Waals surface area contributed by atoms with Crippen LogP contribution in [0.15, 0.2) is 42.5 Å². The summed E-state index contributed by atoms with van der Waals surface area (Å²) in [6.45, 7) is 2.06. The lowest BCUT2D eigenvalue weighted by Gasteiger charge is -2.44. The van der Waals surface area contributed by atoms with Crippen molar-refractivity contribution in [3.8, 4) is 5.75 Å². The summed E-state index contributed by atoms with van der Waals surface area (Å²) >= 11 is 0. The average molecular weight is 447 g/mol. The fourth-order valence-electron chi connectivity index (χ4n) is 5.16. The lowest BCUT2D eigenvalue weighted by Crippen LogP contribution is -2.48. The molecule has 0 spiro atoms. The van der Waals surface area contributed by atoms with Crippen LogP contribution in [-0.2, 0) is 23.8 Å². The van der Waals surface area contributed by atoms with Gasteiger partial charge in [-0.15, -0.1) is 0 Å². The predicted molar refractivity (Wildman–Crippen MR) is 117 cm³/mol. The van der Waals surface area contributed by atoms with Crippen molar-refractivity contribution >= 4 is 5.91 Å². The second-order valence-electron chi connectivity index (χ2n) is 8.70. The Bertz CT molecular complexity index is 953. The molecule has 1 fully saturated rings. The number of rotatable bonds is 5. The number of carbonyl (C=O) groups excluding carboxylic acids is 1. The zero-order chi connectivity index (χ0) is 22.9. The van der Waals surface area contributed by atoms with Crippen LogP contribution in [0.4, 0.5) is 13.2 Å². The molecule has 0 unspecified atom stereocenters. The number of halogens is 3. The number of benzene rings is 2. The highest BCUT2D eigenvalue weighted by Gasteiger charge is 2.39. The first kappa shape index (κ1) is 22.6. The van der Waals surface area contributed by atoms with Crippen LogP contribution in [0.1, 0.15) is 47.6 Å². The highest BCUT2D eigenvalue weighted by molar-refractivity contribution is 5.79. The van der Waals surface area contributed by atoms with E-state index in [1.165, 1.54) is 12.1 Å². The van der Waals surface area contributed by atoms with Gasteiger partial charge in [-0.2, -0.15) is 13.2 Å². The van der Waals surface area contributed by atoms with Gasteiger partial charge in [-0.25, -0.2) is 0 Å². The molecular formula is C25H29F3N2O2. The third kappa shape index (κ3) is 4.49. The largest absolute Gasteiger partial charge is 0.496 e. The molecule has 1 saturated heterocycles. The summed E-state index contributed by atoms with van der Waals surface area (Å²) in [7, 11) is 3.48. The van der Waals surface area contributed by atoms with E-state index in [-0.39, 0.29) is 24.4 Å². The molecular weight excluding hydrogens is 417 g/mol. The summed E-state index contributed by atoms with van der Waals surface area (Å²) < 4.78 is 44.2. The second-order valence-corrected chi connectivity index (χ2v) is 8.70. The number of nitrogens with zero attached hydrogens (tertiary/aromatic N) is 2. The molecule has 4 nitrogen and oxygen atoms in total. The van der Waals surface area contributed by atoms with Crippen molar-refractivity contribution in [3.63, 3.8) is 0 Å². The smallest absolute Gasteiger partial charge is 0.416 e. The molecule has 4 rings (SSSR count). The number of likely N-dealkylation sites (tertiary alicyclic amines) is 1. The number of hydrogen-bond donors (Lipinski definition) is 0. The van der Waals surface area contributed by atoms with Gasteiger partial charge in [0.1, 0.15) is 5.75 Å². The molecule has 7 heteroatoms. The molecule has 1 heterocycles. The molecule has 2 aromatic rings. The minimum absolute atomic E-state index is 0.0666. The van der Waals surface area contributed by atoms with Crippen molar-refractivity contribution in [2.45, 2.75) is 50.4 Å². The first-order chi connectivity index (χ1) is 15.3. The van der Waals surface area contributed by atoms with Crippen molar-refractivity contribution in [2.75, 3.05) is 27.2 Å². The fraction of sp³-hybridized carbons (Fsp3) is 0.480. The van der Waals surface area contributed by atoms with Gasteiger partial charge in [0.2, 0.25) is 5.91 Å². The van der Waals surface area contributed by atoms with E-state index >= 15 is 0 Å². The van der Waals surface area contributed by atoms with E-state index in [0.717, 1.165) is 67.8 Å². The second kappa shape index (κ2) is 9.14. The van der Waals surface area contributed by atoms with Crippen LogP contribution in [0.25, 0.3) is 0 Å². The first-order valence-corrected chi connectivity index (χ1v) is 11.1. The summed E-state index contributed by atoms with van der Waals surface area (Å²) in [5.74, 6) is 0.741. The highest BCUT2D eigenvalue weighted by Crippen LogP contribution is 2.41. The minimum Gasteiger partial charge on any atom is -0.496 e. The minimum atomic E-state index is -4.38. The number of fused-ring (bicyclic) bond motifs is 1. The molecule has 0 bridgehead atoms. The molecule has 0 radical (unpaired) electrons. The van der Waals surface area contributed by atoms with Crippen LogP contribution in [0, 0.1) is 0 Å². The Hall–Kier alpha value is -2.54. The molecule has 172 valence electrons. The maximum absolute atomic E-state index is 13.3. The van der Waals surface area contributed by atoms with Crippen LogP contribution in [0.3, 0.4) is 0 Å². The topological polar surface area (TPSA) is 32.8 Å². The number of alkyl halides is 3. The summed E-state index contributed by atoms with van der Waals surface area (Å²) in [4.78, 5) is 17.5. The van der Waals surface area contributed by atoms with Crippen molar-refractivity contribution in [3.05, 3.63) is 64.7 Å². The van der Waals surface area contributed by atoms with Gasteiger partial charge in [0.25, 0.3) is 0 Å². The normalized spacial score (nSPS) is 21.3. The predicted octanol–water partition coefficient (Wildman–Crippen LogP) is 4.87. The van der Waals surface area contributed by atoms with E-state index in [1.807, 2.05) is 19.2 Å². The van der Waals surface area contributed by atoms with Crippen LogP contribution in [0.2, 0.25) is 0 Å². The van der Waals surface area contributed by atoms with E-state index < -0.39 is 11.7 Å². The van der Waals surface area contributed by atoms with Gasteiger partial charge in [0.05, 0.1) is 25.1 Å². The number of likely N-dealkylation sites (N-methyl/N-ethyl adjacent to an activating group) is 1. The summed E-state index contributed by atoms with van der Waals surface area (Å²) in [5, 5.41) is 0. The highest BCUT2D eigenvalue weighted by atomic mass is 19.4. The molecule has 0 saturated carbocycles. The van der Waals surface area contributed by atoms with Crippen LogP contribution in [-0.4, -0.2) is 49.0 Å². The molecule has 2 atom stereocenters. The van der Waals surface area contributed by atoms with Crippen LogP contribution in [0.5, 0.6) is 5.75 Å². The Morgan fingerprint density at radius 2 is 1.81 bits per heavy atom. The maximum Gasteiger partial charge on any atom is 0.416 e. The van der Waals surface area contributed by atoms with Gasteiger partial charge in [-0.1, -0.05) is 24.3 Å². The number of ether oxygens (including phenoxy) is 1. The monoisotopic (exact) mass is 446 g/mol. The van der Waals surface area contributed by atoms with Gasteiger partial charge in [-0.3, -0.25) is 9.69 Å². The molecule has 0 aromatic heterocycles. The Labute approximate surface area is 187 Å². The summed E-state index contributed by atoms with van der Waals surface area (Å²) in [6, 6.07) is 11.0. The van der Waals surface area contributed by atoms with E-state index in [4.69, 9.17) is 4.74 Å². The van der Waals surface area contributed by atoms with Crippen molar-refractivity contribution < 1.29 is 22.7 Å². The summed E-state index contributed by atoms with van der Waals surface area (Å²) in [6.07, 6.45) is -0.146. The van der Waals surface area contributed by atoms with E-state index in [0.29, 0.717) is 5.56 Å². The lowest BCUT2D eigenvalue weighted by atomic mass is 9.81. The molecule has 1 amide bonds. The van der Waals surface area contributed by atoms with Crippen LogP contribution < -0.4 is 4.74 Å². The lowest BCUT2D eigenvalue weighted by molar-refractivity contribution is -0.137. The van der Waals surface area contributed by atoms with Gasteiger partial charge < -0.3 is 9.64 Å². The zero-order valence-corrected chi connectivity index (χ0v) is 18.5.